The Morgan fingerprint density at radius 1 is 1.12 bits per heavy atom. The average molecular weight is 441 g/mol. The van der Waals surface area contributed by atoms with Crippen LogP contribution in [0.4, 0.5) is 5.95 Å². The minimum Gasteiger partial charge on any atom is -0.426 e. The minimum atomic E-state index is -0.548. The Hall–Kier alpha value is -4.25. The van der Waals surface area contributed by atoms with Gasteiger partial charge in [-0.15, -0.1) is 0 Å². The number of H-pyrrole nitrogens is 1. The Morgan fingerprint density at radius 3 is 2.55 bits per heavy atom. The van der Waals surface area contributed by atoms with E-state index in [0.29, 0.717) is 11.3 Å². The second-order valence-electron chi connectivity index (χ2n) is 7.81. The van der Waals surface area contributed by atoms with Crippen LogP contribution >= 0.6 is 0 Å². The molecule has 1 saturated carbocycles. The molecule has 166 valence electrons. The molecule has 4 rings (SSSR count). The summed E-state index contributed by atoms with van der Waals surface area (Å²) >= 11 is 0. The largest absolute Gasteiger partial charge is 0.426 e. The molecular weight excluding hydrogens is 418 g/mol. The van der Waals surface area contributed by atoms with Gasteiger partial charge < -0.3 is 4.74 Å². The van der Waals surface area contributed by atoms with Gasteiger partial charge in [0, 0.05) is 5.56 Å². The highest BCUT2D eigenvalue weighted by molar-refractivity contribution is 5.81. The van der Waals surface area contributed by atoms with Crippen LogP contribution in [0.1, 0.15) is 43.2 Å². The van der Waals surface area contributed by atoms with E-state index in [4.69, 9.17) is 4.74 Å². The van der Waals surface area contributed by atoms with Gasteiger partial charge in [-0.1, -0.05) is 49.6 Å². The van der Waals surface area contributed by atoms with Crippen molar-refractivity contribution < 1.29 is 9.53 Å². The molecule has 33 heavy (non-hydrogen) atoms. The van der Waals surface area contributed by atoms with Gasteiger partial charge in [0.2, 0.25) is 5.95 Å². The SMILES string of the molecule is N#Cc1c(-c2ccccc2)nc(NN=Cc2ccc(OC(=O)C3CCCCC3)cc2)[nH]c1=O. The van der Waals surface area contributed by atoms with Crippen LogP contribution in [0.3, 0.4) is 0 Å². The van der Waals surface area contributed by atoms with Crippen LogP contribution in [0.5, 0.6) is 5.75 Å². The number of aromatic nitrogens is 2. The predicted molar refractivity (Wildman–Crippen MR) is 125 cm³/mol. The van der Waals surface area contributed by atoms with Crippen LogP contribution in [-0.2, 0) is 4.79 Å². The highest BCUT2D eigenvalue weighted by Crippen LogP contribution is 2.25. The Balaban J connectivity index is 1.42. The van der Waals surface area contributed by atoms with Crippen LogP contribution in [0.25, 0.3) is 11.3 Å². The molecule has 0 bridgehead atoms. The van der Waals surface area contributed by atoms with Crippen molar-refractivity contribution >= 4 is 18.1 Å². The Kier molecular flexibility index (Phi) is 6.90. The summed E-state index contributed by atoms with van der Waals surface area (Å²) in [5.74, 6) is 0.448. The zero-order valence-electron chi connectivity index (χ0n) is 18.0. The Morgan fingerprint density at radius 2 is 1.85 bits per heavy atom. The lowest BCUT2D eigenvalue weighted by atomic mass is 9.89. The number of anilines is 1. The number of carbonyl (C=O) groups is 1. The molecule has 0 spiro atoms. The minimum absolute atomic E-state index is 0.00737. The second kappa shape index (κ2) is 10.4. The number of carbonyl (C=O) groups excluding carboxylic acids is 1. The Bertz CT molecular complexity index is 1240. The summed E-state index contributed by atoms with van der Waals surface area (Å²) < 4.78 is 5.50. The molecule has 0 atom stereocenters. The zero-order chi connectivity index (χ0) is 23.0. The van der Waals surface area contributed by atoms with Crippen LogP contribution in [0.15, 0.2) is 64.5 Å². The molecule has 8 heteroatoms. The van der Waals surface area contributed by atoms with Crippen LogP contribution < -0.4 is 15.7 Å². The first-order valence-corrected chi connectivity index (χ1v) is 10.8. The van der Waals surface area contributed by atoms with E-state index in [1.807, 2.05) is 12.1 Å². The molecule has 3 aromatic rings. The first-order valence-electron chi connectivity index (χ1n) is 10.8. The van der Waals surface area contributed by atoms with E-state index in [1.165, 1.54) is 6.42 Å². The fourth-order valence-corrected chi connectivity index (χ4v) is 3.76. The summed E-state index contributed by atoms with van der Waals surface area (Å²) in [4.78, 5) is 31.4. The van der Waals surface area contributed by atoms with E-state index >= 15 is 0 Å². The fourth-order valence-electron chi connectivity index (χ4n) is 3.76. The van der Waals surface area contributed by atoms with Gasteiger partial charge >= 0.3 is 5.97 Å². The molecule has 1 heterocycles. The molecule has 1 aliphatic carbocycles. The van der Waals surface area contributed by atoms with E-state index in [1.54, 1.807) is 54.7 Å². The first-order chi connectivity index (χ1) is 16.1. The molecule has 0 amide bonds. The number of nitriles is 1. The number of nitrogens with one attached hydrogen (secondary N) is 2. The molecule has 0 saturated heterocycles. The zero-order valence-corrected chi connectivity index (χ0v) is 18.0. The lowest BCUT2D eigenvalue weighted by Crippen LogP contribution is -2.22. The van der Waals surface area contributed by atoms with E-state index in [2.05, 4.69) is 20.5 Å². The molecule has 2 aromatic carbocycles. The lowest BCUT2D eigenvalue weighted by molar-refractivity contribution is -0.139. The van der Waals surface area contributed by atoms with Crippen molar-refractivity contribution in [3.8, 4) is 23.1 Å². The first kappa shape index (κ1) is 22.0. The molecule has 0 radical (unpaired) electrons. The van der Waals surface area contributed by atoms with Crippen molar-refractivity contribution in [2.75, 3.05) is 5.43 Å². The van der Waals surface area contributed by atoms with E-state index in [0.717, 1.165) is 31.2 Å². The van der Waals surface area contributed by atoms with Gasteiger partial charge in [0.15, 0.2) is 0 Å². The lowest BCUT2D eigenvalue weighted by Gasteiger charge is -2.19. The topological polar surface area (TPSA) is 120 Å². The van der Waals surface area contributed by atoms with E-state index in [-0.39, 0.29) is 29.1 Å². The maximum absolute atomic E-state index is 12.3. The van der Waals surface area contributed by atoms with Crippen LogP contribution in [0.2, 0.25) is 0 Å². The quantitative estimate of drug-likeness (QED) is 0.255. The summed E-state index contributed by atoms with van der Waals surface area (Å²) in [6.07, 6.45) is 6.68. The molecular formula is C25H23N5O3. The molecule has 1 aromatic heterocycles. The van der Waals surface area contributed by atoms with Gasteiger partial charge in [0.05, 0.1) is 17.8 Å². The van der Waals surface area contributed by atoms with Crippen molar-refractivity contribution in [2.24, 2.45) is 11.0 Å². The van der Waals surface area contributed by atoms with Crippen molar-refractivity contribution in [3.63, 3.8) is 0 Å². The maximum atomic E-state index is 12.3. The summed E-state index contributed by atoms with van der Waals surface area (Å²) in [6.45, 7) is 0. The number of hydrogen-bond acceptors (Lipinski definition) is 7. The highest BCUT2D eigenvalue weighted by atomic mass is 16.5. The molecule has 2 N–H and O–H groups in total. The van der Waals surface area contributed by atoms with Gasteiger partial charge in [-0.2, -0.15) is 10.4 Å². The van der Waals surface area contributed by atoms with Crippen molar-refractivity contribution in [1.82, 2.24) is 9.97 Å². The van der Waals surface area contributed by atoms with E-state index in [9.17, 15) is 14.9 Å². The van der Waals surface area contributed by atoms with Gasteiger partial charge in [-0.25, -0.2) is 10.4 Å². The summed E-state index contributed by atoms with van der Waals surface area (Å²) in [7, 11) is 0. The van der Waals surface area contributed by atoms with Gasteiger partial charge in [0.1, 0.15) is 17.4 Å². The maximum Gasteiger partial charge on any atom is 0.314 e. The molecule has 8 nitrogen and oxygen atoms in total. The van der Waals surface area contributed by atoms with Gasteiger partial charge in [0.25, 0.3) is 5.56 Å². The molecule has 1 aliphatic rings. The van der Waals surface area contributed by atoms with Crippen molar-refractivity contribution in [3.05, 3.63) is 76.1 Å². The summed E-state index contributed by atoms with van der Waals surface area (Å²) in [6, 6.07) is 17.9. The smallest absolute Gasteiger partial charge is 0.314 e. The molecule has 0 unspecified atom stereocenters. The van der Waals surface area contributed by atoms with E-state index < -0.39 is 5.56 Å². The highest BCUT2D eigenvalue weighted by Gasteiger charge is 2.22. The number of nitrogens with zero attached hydrogens (tertiary/aromatic N) is 3. The molecule has 1 fully saturated rings. The summed E-state index contributed by atoms with van der Waals surface area (Å²) in [5, 5.41) is 13.4. The number of hydrazone groups is 1. The second-order valence-corrected chi connectivity index (χ2v) is 7.81. The number of rotatable bonds is 6. The van der Waals surface area contributed by atoms with Crippen LogP contribution in [-0.4, -0.2) is 22.2 Å². The number of aromatic amines is 1. The average Bonchev–Trinajstić information content (AvgIpc) is 2.86. The third-order valence-corrected chi connectivity index (χ3v) is 5.50. The summed E-state index contributed by atoms with van der Waals surface area (Å²) in [5.41, 5.74) is 3.79. The fraction of sp³-hybridized carbons (Fsp3) is 0.240. The van der Waals surface area contributed by atoms with Crippen molar-refractivity contribution in [2.45, 2.75) is 32.1 Å². The van der Waals surface area contributed by atoms with Crippen molar-refractivity contribution in [1.29, 1.82) is 5.26 Å². The monoisotopic (exact) mass is 441 g/mol. The van der Waals surface area contributed by atoms with Crippen LogP contribution in [0, 0.1) is 17.2 Å². The van der Waals surface area contributed by atoms with Gasteiger partial charge in [-0.05, 0) is 42.7 Å². The number of ether oxygens (including phenoxy) is 1. The Labute approximate surface area is 191 Å². The molecule has 0 aliphatic heterocycles. The third kappa shape index (κ3) is 5.52. The number of esters is 1. The van der Waals surface area contributed by atoms with Gasteiger partial charge in [-0.3, -0.25) is 14.6 Å². The predicted octanol–water partition coefficient (Wildman–Crippen LogP) is 4.24. The number of hydrogen-bond donors (Lipinski definition) is 2. The normalized spacial score (nSPS) is 14.0. The third-order valence-electron chi connectivity index (χ3n) is 5.50. The standard InChI is InChI=1S/C25H23N5O3/c26-15-21-22(18-7-3-1-4-8-18)28-25(29-23(21)31)30-27-16-17-11-13-20(14-12-17)33-24(32)19-9-5-2-6-10-19/h1,3-4,7-8,11-14,16,19H,2,5-6,9-10H2,(H2,28,29,30,31). The number of benzene rings is 2.